The third kappa shape index (κ3) is 2.76. The zero-order valence-electron chi connectivity index (χ0n) is 10.4. The molecule has 4 heteroatoms. The summed E-state index contributed by atoms with van der Waals surface area (Å²) in [5, 5.41) is 0. The molecular weight excluding hydrogens is 246 g/mol. The Hall–Kier alpha value is -1.68. The Morgan fingerprint density at radius 2 is 2.06 bits per heavy atom. The molecule has 1 aromatic carbocycles. The number of carbonyl (C=O) groups is 1. The number of methoxy groups -OCH3 is 1. The predicted molar refractivity (Wildman–Crippen MR) is 73.5 cm³/mol. The van der Waals surface area contributed by atoms with Gasteiger partial charge in [-0.1, -0.05) is 12.1 Å². The molecular formula is C14H15NO2S. The largest absolute Gasteiger partial charge is 0.496 e. The lowest BCUT2D eigenvalue weighted by atomic mass is 10.3. The van der Waals surface area contributed by atoms with Gasteiger partial charge in [-0.2, -0.15) is 0 Å². The van der Waals surface area contributed by atoms with Crippen LogP contribution in [0.2, 0.25) is 0 Å². The van der Waals surface area contributed by atoms with Crippen LogP contribution in [0, 0.1) is 0 Å². The molecule has 3 nitrogen and oxygen atoms in total. The first kappa shape index (κ1) is 12.8. The Balaban J connectivity index is 2.04. The van der Waals surface area contributed by atoms with Crippen molar-refractivity contribution in [3.8, 4) is 5.75 Å². The molecule has 94 valence electrons. The van der Waals surface area contributed by atoms with E-state index < -0.39 is 0 Å². The third-order valence-electron chi connectivity index (χ3n) is 2.66. The molecule has 0 aliphatic heterocycles. The van der Waals surface area contributed by atoms with Crippen molar-refractivity contribution in [2.75, 3.05) is 12.9 Å². The lowest BCUT2D eigenvalue weighted by Gasteiger charge is -2.07. The summed E-state index contributed by atoms with van der Waals surface area (Å²) in [7, 11) is 3.51. The Morgan fingerprint density at radius 1 is 1.28 bits per heavy atom. The lowest BCUT2D eigenvalue weighted by molar-refractivity contribution is 0.101. The zero-order chi connectivity index (χ0) is 13.0. The highest BCUT2D eigenvalue weighted by Crippen LogP contribution is 2.29. The van der Waals surface area contributed by atoms with Crippen LogP contribution in [-0.2, 0) is 7.05 Å². The molecule has 0 atom stereocenters. The Morgan fingerprint density at radius 3 is 2.72 bits per heavy atom. The number of thioether (sulfide) groups is 1. The van der Waals surface area contributed by atoms with Crippen molar-refractivity contribution in [1.82, 2.24) is 4.57 Å². The van der Waals surface area contributed by atoms with Gasteiger partial charge in [0.2, 0.25) is 0 Å². The van der Waals surface area contributed by atoms with Gasteiger partial charge in [-0.3, -0.25) is 4.79 Å². The average Bonchev–Trinajstić information content (AvgIpc) is 2.82. The first-order chi connectivity index (χ1) is 8.72. The summed E-state index contributed by atoms with van der Waals surface area (Å²) < 4.78 is 7.09. The number of aryl methyl sites for hydroxylation is 1. The van der Waals surface area contributed by atoms with Crippen LogP contribution in [0.1, 0.15) is 10.5 Å². The van der Waals surface area contributed by atoms with Crippen LogP contribution >= 0.6 is 11.8 Å². The predicted octanol–water partition coefficient (Wildman–Crippen LogP) is 3.01. The monoisotopic (exact) mass is 261 g/mol. The van der Waals surface area contributed by atoms with Crippen LogP contribution in [0.15, 0.2) is 47.5 Å². The SMILES string of the molecule is COc1ccccc1SCC(=O)c1cccn1C. The Bertz CT molecular complexity index is 548. The van der Waals surface area contributed by atoms with Crippen molar-refractivity contribution in [1.29, 1.82) is 0 Å². The molecule has 0 aliphatic rings. The number of nitrogens with zero attached hydrogens (tertiary/aromatic N) is 1. The molecule has 2 rings (SSSR count). The van der Waals surface area contributed by atoms with Crippen molar-refractivity contribution >= 4 is 17.5 Å². The van der Waals surface area contributed by atoms with Crippen LogP contribution in [0.4, 0.5) is 0 Å². The van der Waals surface area contributed by atoms with Crippen LogP contribution in [0.3, 0.4) is 0 Å². The lowest BCUT2D eigenvalue weighted by Crippen LogP contribution is -2.07. The summed E-state index contributed by atoms with van der Waals surface area (Å²) in [6.07, 6.45) is 1.88. The Labute approximate surface area is 111 Å². The van der Waals surface area contributed by atoms with E-state index in [9.17, 15) is 4.79 Å². The number of ether oxygens (including phenoxy) is 1. The number of rotatable bonds is 5. The molecule has 2 aromatic rings. The average molecular weight is 261 g/mol. The second kappa shape index (κ2) is 5.78. The minimum absolute atomic E-state index is 0.124. The van der Waals surface area contributed by atoms with Crippen LogP contribution in [-0.4, -0.2) is 23.2 Å². The van der Waals surface area contributed by atoms with E-state index in [2.05, 4.69) is 0 Å². The third-order valence-corrected chi connectivity index (χ3v) is 3.71. The van der Waals surface area contributed by atoms with Gasteiger partial charge in [-0.25, -0.2) is 0 Å². The van der Waals surface area contributed by atoms with Crippen molar-refractivity contribution in [2.24, 2.45) is 7.05 Å². The smallest absolute Gasteiger partial charge is 0.189 e. The molecule has 0 unspecified atom stereocenters. The van der Waals surface area contributed by atoms with E-state index in [1.807, 2.05) is 54.2 Å². The van der Waals surface area contributed by atoms with E-state index >= 15 is 0 Å². The number of hydrogen-bond donors (Lipinski definition) is 0. The fraction of sp³-hybridized carbons (Fsp3) is 0.214. The molecule has 0 saturated carbocycles. The number of para-hydroxylation sites is 1. The molecule has 1 heterocycles. The minimum atomic E-state index is 0.124. The van der Waals surface area contributed by atoms with Crippen molar-refractivity contribution in [3.05, 3.63) is 48.3 Å². The second-order valence-electron chi connectivity index (χ2n) is 3.87. The second-order valence-corrected chi connectivity index (χ2v) is 4.88. The standard InChI is InChI=1S/C14H15NO2S/c1-15-9-5-6-11(15)12(16)10-18-14-8-4-3-7-13(14)17-2/h3-9H,10H2,1-2H3. The molecule has 18 heavy (non-hydrogen) atoms. The Kier molecular flexibility index (Phi) is 4.10. The molecule has 1 aromatic heterocycles. The zero-order valence-corrected chi connectivity index (χ0v) is 11.2. The van der Waals surface area contributed by atoms with Gasteiger partial charge in [0.15, 0.2) is 5.78 Å². The summed E-state index contributed by atoms with van der Waals surface area (Å²) in [5.74, 6) is 1.35. The van der Waals surface area contributed by atoms with Gasteiger partial charge in [-0.05, 0) is 24.3 Å². The van der Waals surface area contributed by atoms with Gasteiger partial charge in [0.25, 0.3) is 0 Å². The fourth-order valence-electron chi connectivity index (χ4n) is 1.71. The number of aromatic nitrogens is 1. The molecule has 0 amide bonds. The number of carbonyl (C=O) groups excluding carboxylic acids is 1. The summed E-state index contributed by atoms with van der Waals surface area (Å²) >= 11 is 1.50. The van der Waals surface area contributed by atoms with E-state index in [1.54, 1.807) is 7.11 Å². The van der Waals surface area contributed by atoms with E-state index in [0.717, 1.165) is 16.3 Å². The normalized spacial score (nSPS) is 10.3. The van der Waals surface area contributed by atoms with Crippen LogP contribution in [0.25, 0.3) is 0 Å². The van der Waals surface area contributed by atoms with E-state index in [4.69, 9.17) is 4.74 Å². The highest BCUT2D eigenvalue weighted by atomic mass is 32.2. The van der Waals surface area contributed by atoms with Gasteiger partial charge in [0, 0.05) is 18.1 Å². The van der Waals surface area contributed by atoms with Gasteiger partial charge in [-0.15, -0.1) is 11.8 Å². The van der Waals surface area contributed by atoms with Crippen molar-refractivity contribution in [3.63, 3.8) is 0 Å². The van der Waals surface area contributed by atoms with E-state index in [-0.39, 0.29) is 5.78 Å². The number of benzene rings is 1. The van der Waals surface area contributed by atoms with Crippen LogP contribution in [0.5, 0.6) is 5.75 Å². The summed E-state index contributed by atoms with van der Waals surface area (Å²) in [6.45, 7) is 0. The minimum Gasteiger partial charge on any atom is -0.496 e. The summed E-state index contributed by atoms with van der Waals surface area (Å²) in [5.41, 5.74) is 0.734. The summed E-state index contributed by atoms with van der Waals surface area (Å²) in [6, 6.07) is 11.4. The summed E-state index contributed by atoms with van der Waals surface area (Å²) in [4.78, 5) is 13.0. The van der Waals surface area contributed by atoms with Crippen molar-refractivity contribution in [2.45, 2.75) is 4.90 Å². The first-order valence-corrected chi connectivity index (χ1v) is 6.61. The number of Topliss-reactive ketones (excluding diaryl/α,β-unsaturated/α-hetero) is 1. The maximum Gasteiger partial charge on any atom is 0.189 e. The molecule has 0 radical (unpaired) electrons. The van der Waals surface area contributed by atoms with E-state index in [0.29, 0.717) is 5.75 Å². The first-order valence-electron chi connectivity index (χ1n) is 5.62. The highest BCUT2D eigenvalue weighted by molar-refractivity contribution is 8.00. The number of ketones is 1. The highest BCUT2D eigenvalue weighted by Gasteiger charge is 2.11. The molecule has 0 bridgehead atoms. The molecule has 0 aliphatic carbocycles. The molecule has 0 N–H and O–H groups in total. The number of hydrogen-bond acceptors (Lipinski definition) is 3. The molecule has 0 fully saturated rings. The fourth-order valence-corrected chi connectivity index (χ4v) is 2.61. The maximum absolute atomic E-state index is 12.0. The molecule has 0 saturated heterocycles. The van der Waals surface area contributed by atoms with Gasteiger partial charge in [0.05, 0.1) is 18.6 Å². The van der Waals surface area contributed by atoms with Crippen molar-refractivity contribution < 1.29 is 9.53 Å². The van der Waals surface area contributed by atoms with Crippen LogP contribution < -0.4 is 4.74 Å². The van der Waals surface area contributed by atoms with E-state index in [1.165, 1.54) is 11.8 Å². The quantitative estimate of drug-likeness (QED) is 0.612. The van der Waals surface area contributed by atoms with Gasteiger partial charge in [0.1, 0.15) is 5.75 Å². The van der Waals surface area contributed by atoms with Gasteiger partial charge >= 0.3 is 0 Å². The topological polar surface area (TPSA) is 31.2 Å². The molecule has 0 spiro atoms. The van der Waals surface area contributed by atoms with Gasteiger partial charge < -0.3 is 9.30 Å². The maximum atomic E-state index is 12.0.